The molecule has 166 valence electrons. The van der Waals surface area contributed by atoms with Crippen molar-refractivity contribution in [2.75, 3.05) is 6.54 Å². The van der Waals surface area contributed by atoms with E-state index in [1.807, 2.05) is 66.3 Å². The predicted molar refractivity (Wildman–Crippen MR) is 133 cm³/mol. The van der Waals surface area contributed by atoms with Crippen LogP contribution in [0.3, 0.4) is 0 Å². The van der Waals surface area contributed by atoms with E-state index in [-0.39, 0.29) is 11.8 Å². The van der Waals surface area contributed by atoms with Gasteiger partial charge in [0.25, 0.3) is 5.91 Å². The Balaban J connectivity index is 1.30. The molecule has 0 aliphatic rings. The van der Waals surface area contributed by atoms with E-state index in [0.29, 0.717) is 24.3 Å². The van der Waals surface area contributed by atoms with Crippen molar-refractivity contribution in [3.05, 3.63) is 94.4 Å². The minimum Gasteiger partial charge on any atom is -0.361 e. The molecule has 0 bridgehead atoms. The zero-order valence-electron chi connectivity index (χ0n) is 17.9. The summed E-state index contributed by atoms with van der Waals surface area (Å²) in [4.78, 5) is 33.0. The van der Waals surface area contributed by atoms with Crippen LogP contribution in [-0.2, 0) is 17.6 Å². The van der Waals surface area contributed by atoms with Gasteiger partial charge >= 0.3 is 0 Å². The molecule has 0 aliphatic carbocycles. The lowest BCUT2D eigenvalue weighted by Crippen LogP contribution is -2.48. The van der Waals surface area contributed by atoms with Gasteiger partial charge in [0.2, 0.25) is 5.91 Å². The standard InChI is InChI=1S/C26H24N4O2S/c31-25(27-12-11-17-15-28-21-8-3-1-6-19(17)21)23(30-26(32)24-10-5-13-33-24)14-18-16-29-22-9-4-2-7-20(18)22/h1-10,13,15-16,23,28-29H,11-12,14H2,(H,27,31)(H,30,32)/t23-/m0/s1. The van der Waals surface area contributed by atoms with E-state index in [0.717, 1.165) is 32.9 Å². The van der Waals surface area contributed by atoms with Crippen LogP contribution in [-0.4, -0.2) is 34.4 Å². The van der Waals surface area contributed by atoms with E-state index in [9.17, 15) is 9.59 Å². The molecule has 0 unspecified atom stereocenters. The zero-order valence-corrected chi connectivity index (χ0v) is 18.7. The first-order chi connectivity index (χ1) is 16.2. The summed E-state index contributed by atoms with van der Waals surface area (Å²) in [5.41, 5.74) is 4.24. The zero-order chi connectivity index (χ0) is 22.6. The van der Waals surface area contributed by atoms with Crippen molar-refractivity contribution in [1.29, 1.82) is 0 Å². The van der Waals surface area contributed by atoms with Crippen molar-refractivity contribution in [2.24, 2.45) is 0 Å². The Morgan fingerprint density at radius 1 is 0.848 bits per heavy atom. The molecule has 4 N–H and O–H groups in total. The van der Waals surface area contributed by atoms with Crippen LogP contribution in [0.4, 0.5) is 0 Å². The number of hydrogen-bond acceptors (Lipinski definition) is 3. The molecule has 33 heavy (non-hydrogen) atoms. The number of aromatic amines is 2. The fourth-order valence-electron chi connectivity index (χ4n) is 4.15. The molecule has 3 heterocycles. The number of nitrogens with one attached hydrogen (secondary N) is 4. The molecule has 0 saturated heterocycles. The van der Waals surface area contributed by atoms with E-state index in [1.165, 1.54) is 11.3 Å². The Hall–Kier alpha value is -3.84. The van der Waals surface area contributed by atoms with Gasteiger partial charge in [-0.3, -0.25) is 9.59 Å². The van der Waals surface area contributed by atoms with Crippen LogP contribution in [0.25, 0.3) is 21.8 Å². The van der Waals surface area contributed by atoms with Crippen molar-refractivity contribution < 1.29 is 9.59 Å². The van der Waals surface area contributed by atoms with E-state index < -0.39 is 6.04 Å². The SMILES string of the molecule is O=C(N[C@@H](Cc1c[nH]c2ccccc12)C(=O)NCCc1c[nH]c2ccccc12)c1cccs1. The fourth-order valence-corrected chi connectivity index (χ4v) is 4.78. The minimum absolute atomic E-state index is 0.190. The number of H-pyrrole nitrogens is 2. The van der Waals surface area contributed by atoms with Gasteiger partial charge in [0.15, 0.2) is 0 Å². The second-order valence-corrected chi connectivity index (χ2v) is 8.92. The Morgan fingerprint density at radius 3 is 2.21 bits per heavy atom. The largest absolute Gasteiger partial charge is 0.361 e. The molecule has 3 aromatic heterocycles. The number of fused-ring (bicyclic) bond motifs is 2. The van der Waals surface area contributed by atoms with Crippen LogP contribution >= 0.6 is 11.3 Å². The van der Waals surface area contributed by atoms with Crippen molar-refractivity contribution in [3.8, 4) is 0 Å². The number of benzene rings is 2. The first kappa shape index (κ1) is 21.0. The highest BCUT2D eigenvalue weighted by Gasteiger charge is 2.23. The third-order valence-electron chi connectivity index (χ3n) is 5.83. The van der Waals surface area contributed by atoms with Gasteiger partial charge in [-0.2, -0.15) is 0 Å². The summed E-state index contributed by atoms with van der Waals surface area (Å²) in [5, 5.41) is 10.0. The van der Waals surface area contributed by atoms with Crippen molar-refractivity contribution in [1.82, 2.24) is 20.6 Å². The molecule has 0 radical (unpaired) electrons. The summed E-state index contributed by atoms with van der Waals surface area (Å²) in [5.74, 6) is -0.424. The number of carbonyl (C=O) groups excluding carboxylic acids is 2. The molecular weight excluding hydrogens is 432 g/mol. The molecule has 1 atom stereocenters. The van der Waals surface area contributed by atoms with Crippen LogP contribution in [0, 0.1) is 0 Å². The van der Waals surface area contributed by atoms with Crippen LogP contribution in [0.5, 0.6) is 0 Å². The third-order valence-corrected chi connectivity index (χ3v) is 6.70. The molecule has 5 aromatic rings. The molecule has 0 aliphatic heterocycles. The molecule has 0 fully saturated rings. The second kappa shape index (κ2) is 9.34. The third kappa shape index (κ3) is 4.54. The highest BCUT2D eigenvalue weighted by atomic mass is 32.1. The summed E-state index contributed by atoms with van der Waals surface area (Å²) >= 11 is 1.36. The highest BCUT2D eigenvalue weighted by molar-refractivity contribution is 7.12. The molecule has 5 rings (SSSR count). The summed E-state index contributed by atoms with van der Waals surface area (Å²) in [7, 11) is 0. The smallest absolute Gasteiger partial charge is 0.262 e. The quantitative estimate of drug-likeness (QED) is 0.279. The lowest BCUT2D eigenvalue weighted by atomic mass is 10.0. The van der Waals surface area contributed by atoms with Gasteiger partial charge in [-0.15, -0.1) is 11.3 Å². The van der Waals surface area contributed by atoms with E-state index >= 15 is 0 Å². The van der Waals surface area contributed by atoms with Gasteiger partial charge in [0.1, 0.15) is 6.04 Å². The number of hydrogen-bond donors (Lipinski definition) is 4. The van der Waals surface area contributed by atoms with Crippen molar-refractivity contribution in [3.63, 3.8) is 0 Å². The van der Waals surface area contributed by atoms with Gasteiger partial charge in [-0.1, -0.05) is 42.5 Å². The number of carbonyl (C=O) groups is 2. The molecule has 2 amide bonds. The number of thiophene rings is 1. The summed E-state index contributed by atoms with van der Waals surface area (Å²) in [6.45, 7) is 0.486. The Labute approximate surface area is 195 Å². The van der Waals surface area contributed by atoms with Crippen LogP contribution < -0.4 is 10.6 Å². The first-order valence-corrected chi connectivity index (χ1v) is 11.8. The molecule has 0 spiro atoms. The number of amides is 2. The van der Waals surface area contributed by atoms with E-state index in [4.69, 9.17) is 0 Å². The maximum absolute atomic E-state index is 13.2. The van der Waals surface area contributed by atoms with Gasteiger partial charge in [-0.25, -0.2) is 0 Å². The molecular formula is C26H24N4O2S. The normalized spacial score (nSPS) is 12.1. The van der Waals surface area contributed by atoms with Crippen molar-refractivity contribution in [2.45, 2.75) is 18.9 Å². The average molecular weight is 457 g/mol. The molecule has 7 heteroatoms. The van der Waals surface area contributed by atoms with Gasteiger partial charge in [0.05, 0.1) is 4.88 Å². The summed E-state index contributed by atoms with van der Waals surface area (Å²) < 4.78 is 0. The number of aromatic nitrogens is 2. The fraction of sp³-hybridized carbons (Fsp3) is 0.154. The minimum atomic E-state index is -0.679. The monoisotopic (exact) mass is 456 g/mol. The predicted octanol–water partition coefficient (Wildman–Crippen LogP) is 4.41. The van der Waals surface area contributed by atoms with Crippen molar-refractivity contribution >= 4 is 45.0 Å². The maximum atomic E-state index is 13.2. The number of para-hydroxylation sites is 2. The number of rotatable bonds is 8. The maximum Gasteiger partial charge on any atom is 0.262 e. The first-order valence-electron chi connectivity index (χ1n) is 10.9. The highest BCUT2D eigenvalue weighted by Crippen LogP contribution is 2.20. The molecule has 0 saturated carbocycles. The van der Waals surface area contributed by atoms with Crippen LogP contribution in [0.1, 0.15) is 20.8 Å². The van der Waals surface area contributed by atoms with E-state index in [1.54, 1.807) is 6.07 Å². The summed E-state index contributed by atoms with van der Waals surface area (Å²) in [6.07, 6.45) is 5.00. The lowest BCUT2D eigenvalue weighted by Gasteiger charge is -2.18. The lowest BCUT2D eigenvalue weighted by molar-refractivity contribution is -0.122. The van der Waals surface area contributed by atoms with Gasteiger partial charge in [-0.05, 0) is 41.1 Å². The summed E-state index contributed by atoms with van der Waals surface area (Å²) in [6, 6.07) is 19.0. The Kier molecular flexibility index (Phi) is 5.95. The second-order valence-electron chi connectivity index (χ2n) is 7.97. The van der Waals surface area contributed by atoms with Gasteiger partial charge < -0.3 is 20.6 Å². The Bertz CT molecular complexity index is 1400. The van der Waals surface area contributed by atoms with Gasteiger partial charge in [0, 0.05) is 47.2 Å². The average Bonchev–Trinajstić information content (AvgIpc) is 3.59. The van der Waals surface area contributed by atoms with Crippen LogP contribution in [0.2, 0.25) is 0 Å². The Morgan fingerprint density at radius 2 is 1.52 bits per heavy atom. The molecule has 6 nitrogen and oxygen atoms in total. The topological polar surface area (TPSA) is 89.8 Å². The van der Waals surface area contributed by atoms with E-state index in [2.05, 4.69) is 26.7 Å². The molecule has 2 aromatic carbocycles. The van der Waals surface area contributed by atoms with Crippen LogP contribution in [0.15, 0.2) is 78.4 Å².